The summed E-state index contributed by atoms with van der Waals surface area (Å²) in [6.07, 6.45) is 2.23. The predicted molar refractivity (Wildman–Crippen MR) is 72.2 cm³/mol. The van der Waals surface area contributed by atoms with Crippen molar-refractivity contribution in [2.24, 2.45) is 0 Å². The number of carbonyl (C=O) groups excluding carboxylic acids is 1. The van der Waals surface area contributed by atoms with Crippen molar-refractivity contribution in [1.82, 2.24) is 9.62 Å². The highest BCUT2D eigenvalue weighted by molar-refractivity contribution is 7.89. The number of hydrogen-bond donors (Lipinski definition) is 1. The number of nitrogens with zero attached hydrogens (tertiary/aromatic N) is 1. The van der Waals surface area contributed by atoms with Crippen LogP contribution in [0.2, 0.25) is 0 Å². The van der Waals surface area contributed by atoms with Crippen LogP contribution in [0.4, 0.5) is 0 Å². The summed E-state index contributed by atoms with van der Waals surface area (Å²) in [5.74, 6) is 0.179. The lowest BCUT2D eigenvalue weighted by Gasteiger charge is -2.30. The fourth-order valence-electron chi connectivity index (χ4n) is 1.93. The Morgan fingerprint density at radius 2 is 1.89 bits per heavy atom. The van der Waals surface area contributed by atoms with Crippen molar-refractivity contribution in [2.45, 2.75) is 24.2 Å². The van der Waals surface area contributed by atoms with Crippen molar-refractivity contribution in [1.29, 1.82) is 0 Å². The Morgan fingerprint density at radius 1 is 1.26 bits per heavy atom. The maximum Gasteiger partial charge on any atom is 0.240 e. The van der Waals surface area contributed by atoms with Crippen molar-refractivity contribution in [3.63, 3.8) is 0 Å². The van der Waals surface area contributed by atoms with Gasteiger partial charge in [0.2, 0.25) is 15.9 Å². The standard InChI is InChI=1S/C13H18N2O3S/c1-14-19(17,18)12-6-3-11(4-7-12)5-8-13(16)15-9-2-10-15/h3-4,6-7,14H,2,5,8-10H2,1H3. The Hall–Kier alpha value is -1.40. The summed E-state index contributed by atoms with van der Waals surface area (Å²) in [5, 5.41) is 0. The third-order valence-electron chi connectivity index (χ3n) is 3.34. The van der Waals surface area contributed by atoms with E-state index in [0.29, 0.717) is 12.8 Å². The number of carbonyl (C=O) groups is 1. The zero-order chi connectivity index (χ0) is 13.9. The minimum Gasteiger partial charge on any atom is -0.343 e. The van der Waals surface area contributed by atoms with Crippen LogP contribution in [-0.4, -0.2) is 39.4 Å². The molecule has 0 bridgehead atoms. The average molecular weight is 282 g/mol. The molecule has 0 aromatic heterocycles. The van der Waals surface area contributed by atoms with Gasteiger partial charge in [0, 0.05) is 19.5 Å². The molecule has 0 aliphatic carbocycles. The molecule has 1 saturated heterocycles. The van der Waals surface area contributed by atoms with Crippen LogP contribution in [0, 0.1) is 0 Å². The lowest BCUT2D eigenvalue weighted by Crippen LogP contribution is -2.42. The van der Waals surface area contributed by atoms with Gasteiger partial charge in [-0.1, -0.05) is 12.1 Å². The first-order chi connectivity index (χ1) is 9.03. The number of aryl methyl sites for hydroxylation is 1. The molecule has 1 fully saturated rings. The maximum absolute atomic E-state index is 11.7. The molecule has 1 aliphatic heterocycles. The topological polar surface area (TPSA) is 66.5 Å². The summed E-state index contributed by atoms with van der Waals surface area (Å²) in [7, 11) is -2.00. The second-order valence-corrected chi connectivity index (χ2v) is 6.47. The molecule has 1 aliphatic rings. The smallest absolute Gasteiger partial charge is 0.240 e. The van der Waals surface area contributed by atoms with Gasteiger partial charge in [-0.2, -0.15) is 0 Å². The van der Waals surface area contributed by atoms with Crippen LogP contribution < -0.4 is 4.72 Å². The molecule has 0 atom stereocenters. The van der Waals surface area contributed by atoms with Crippen LogP contribution in [0.25, 0.3) is 0 Å². The molecule has 1 amide bonds. The molecule has 5 nitrogen and oxygen atoms in total. The first kappa shape index (κ1) is 14.0. The Kier molecular flexibility index (Phi) is 4.21. The maximum atomic E-state index is 11.7. The van der Waals surface area contributed by atoms with Gasteiger partial charge in [0.25, 0.3) is 0 Å². The number of sulfonamides is 1. The van der Waals surface area contributed by atoms with E-state index in [1.807, 2.05) is 4.90 Å². The number of amides is 1. The number of benzene rings is 1. The Bertz CT molecular complexity index is 548. The highest BCUT2D eigenvalue weighted by Gasteiger charge is 2.19. The first-order valence-electron chi connectivity index (χ1n) is 6.33. The van der Waals surface area contributed by atoms with Crippen LogP contribution in [0.3, 0.4) is 0 Å². The average Bonchev–Trinajstić information content (AvgIpc) is 2.35. The van der Waals surface area contributed by atoms with E-state index >= 15 is 0 Å². The Morgan fingerprint density at radius 3 is 2.37 bits per heavy atom. The molecule has 104 valence electrons. The van der Waals surface area contributed by atoms with Gasteiger partial charge in [-0.3, -0.25) is 4.79 Å². The summed E-state index contributed by atoms with van der Waals surface area (Å²) >= 11 is 0. The molecule has 1 aromatic rings. The van der Waals surface area contributed by atoms with Gasteiger partial charge in [0.1, 0.15) is 0 Å². The van der Waals surface area contributed by atoms with Gasteiger partial charge in [0.15, 0.2) is 0 Å². The van der Waals surface area contributed by atoms with E-state index in [4.69, 9.17) is 0 Å². The highest BCUT2D eigenvalue weighted by atomic mass is 32.2. The summed E-state index contributed by atoms with van der Waals surface area (Å²) in [4.78, 5) is 13.8. The van der Waals surface area contributed by atoms with E-state index in [0.717, 1.165) is 25.1 Å². The van der Waals surface area contributed by atoms with Crippen molar-refractivity contribution in [3.8, 4) is 0 Å². The van der Waals surface area contributed by atoms with E-state index in [1.165, 1.54) is 7.05 Å². The molecule has 0 saturated carbocycles. The summed E-state index contributed by atoms with van der Waals surface area (Å²) in [6, 6.07) is 6.64. The zero-order valence-electron chi connectivity index (χ0n) is 10.9. The molecule has 0 radical (unpaired) electrons. The molecule has 6 heteroatoms. The van der Waals surface area contributed by atoms with Gasteiger partial charge in [0.05, 0.1) is 4.90 Å². The predicted octanol–water partition coefficient (Wildman–Crippen LogP) is 0.760. The van der Waals surface area contributed by atoms with Crippen LogP contribution in [-0.2, 0) is 21.2 Å². The van der Waals surface area contributed by atoms with E-state index in [9.17, 15) is 13.2 Å². The van der Waals surface area contributed by atoms with Crippen LogP contribution >= 0.6 is 0 Å². The normalized spacial score (nSPS) is 15.1. The van der Waals surface area contributed by atoms with Gasteiger partial charge < -0.3 is 4.90 Å². The number of nitrogens with one attached hydrogen (secondary N) is 1. The summed E-state index contributed by atoms with van der Waals surface area (Å²) in [5.41, 5.74) is 0.976. The van der Waals surface area contributed by atoms with Crippen LogP contribution in [0.15, 0.2) is 29.2 Å². The van der Waals surface area contributed by atoms with Crippen molar-refractivity contribution < 1.29 is 13.2 Å². The van der Waals surface area contributed by atoms with Crippen molar-refractivity contribution in [2.75, 3.05) is 20.1 Å². The molecule has 1 aromatic carbocycles. The molecule has 0 unspecified atom stereocenters. The van der Waals surface area contributed by atoms with E-state index in [-0.39, 0.29) is 10.8 Å². The Balaban J connectivity index is 1.93. The first-order valence-corrected chi connectivity index (χ1v) is 7.81. The lowest BCUT2D eigenvalue weighted by atomic mass is 10.1. The molecule has 2 rings (SSSR count). The van der Waals surface area contributed by atoms with Crippen LogP contribution in [0.5, 0.6) is 0 Å². The SMILES string of the molecule is CNS(=O)(=O)c1ccc(CCC(=O)N2CCC2)cc1. The molecule has 1 N–H and O–H groups in total. The van der Waals surface area contributed by atoms with Crippen molar-refractivity contribution in [3.05, 3.63) is 29.8 Å². The van der Waals surface area contributed by atoms with E-state index in [1.54, 1.807) is 24.3 Å². The molecule has 19 heavy (non-hydrogen) atoms. The molecular formula is C13H18N2O3S. The summed E-state index contributed by atoms with van der Waals surface area (Å²) < 4.78 is 25.4. The third-order valence-corrected chi connectivity index (χ3v) is 4.77. The number of hydrogen-bond acceptors (Lipinski definition) is 3. The summed E-state index contributed by atoms with van der Waals surface area (Å²) in [6.45, 7) is 1.75. The second kappa shape index (κ2) is 5.71. The lowest BCUT2D eigenvalue weighted by molar-refractivity contribution is -0.134. The van der Waals surface area contributed by atoms with E-state index < -0.39 is 10.0 Å². The van der Waals surface area contributed by atoms with Crippen molar-refractivity contribution >= 4 is 15.9 Å². The largest absolute Gasteiger partial charge is 0.343 e. The number of likely N-dealkylation sites (tertiary alicyclic amines) is 1. The molecule has 0 spiro atoms. The molecular weight excluding hydrogens is 264 g/mol. The number of rotatable bonds is 5. The fraction of sp³-hybridized carbons (Fsp3) is 0.462. The monoisotopic (exact) mass is 282 g/mol. The van der Waals surface area contributed by atoms with Gasteiger partial charge in [-0.25, -0.2) is 13.1 Å². The molecule has 1 heterocycles. The fourth-order valence-corrected chi connectivity index (χ4v) is 2.66. The Labute approximate surface area is 113 Å². The van der Waals surface area contributed by atoms with Gasteiger partial charge in [-0.15, -0.1) is 0 Å². The van der Waals surface area contributed by atoms with Gasteiger partial charge in [-0.05, 0) is 37.6 Å². The minimum atomic E-state index is -3.38. The minimum absolute atomic E-state index is 0.179. The van der Waals surface area contributed by atoms with E-state index in [2.05, 4.69) is 4.72 Å². The highest BCUT2D eigenvalue weighted by Crippen LogP contribution is 2.13. The third kappa shape index (κ3) is 3.33. The zero-order valence-corrected chi connectivity index (χ0v) is 11.7. The van der Waals surface area contributed by atoms with Gasteiger partial charge >= 0.3 is 0 Å². The second-order valence-electron chi connectivity index (χ2n) is 4.59. The van der Waals surface area contributed by atoms with Crippen LogP contribution in [0.1, 0.15) is 18.4 Å². The quantitative estimate of drug-likeness (QED) is 0.867.